The maximum atomic E-state index is 13.4. The van der Waals surface area contributed by atoms with Gasteiger partial charge < -0.3 is 4.74 Å². The van der Waals surface area contributed by atoms with Crippen molar-refractivity contribution in [2.45, 2.75) is 26.4 Å². The van der Waals surface area contributed by atoms with Crippen molar-refractivity contribution >= 4 is 22.7 Å². The SMILES string of the molecule is Cc1csc(NN=Cc2ccc(F)cc2COCC2CC2)n1. The minimum atomic E-state index is -0.259. The maximum Gasteiger partial charge on any atom is 0.203 e. The van der Waals surface area contributed by atoms with Gasteiger partial charge in [0.2, 0.25) is 5.13 Å². The lowest BCUT2D eigenvalue weighted by molar-refractivity contribution is 0.111. The number of hydrogen-bond donors (Lipinski definition) is 1. The highest BCUT2D eigenvalue weighted by atomic mass is 32.1. The van der Waals surface area contributed by atoms with Gasteiger partial charge in [-0.05, 0) is 43.4 Å². The average Bonchev–Trinajstić information content (AvgIpc) is 3.22. The molecule has 1 aromatic heterocycles. The Balaban J connectivity index is 1.62. The van der Waals surface area contributed by atoms with E-state index in [2.05, 4.69) is 15.5 Å². The zero-order valence-electron chi connectivity index (χ0n) is 12.4. The molecule has 2 aromatic rings. The Morgan fingerprint density at radius 1 is 1.50 bits per heavy atom. The van der Waals surface area contributed by atoms with E-state index >= 15 is 0 Å². The number of aromatic nitrogens is 1. The molecule has 0 spiro atoms. The predicted molar refractivity (Wildman–Crippen MR) is 86.8 cm³/mol. The van der Waals surface area contributed by atoms with Gasteiger partial charge in [0.05, 0.1) is 18.5 Å². The smallest absolute Gasteiger partial charge is 0.203 e. The van der Waals surface area contributed by atoms with Crippen LogP contribution in [0.3, 0.4) is 0 Å². The molecule has 0 bridgehead atoms. The van der Waals surface area contributed by atoms with Crippen LogP contribution in [0.25, 0.3) is 0 Å². The zero-order chi connectivity index (χ0) is 15.4. The third-order valence-electron chi connectivity index (χ3n) is 3.40. The van der Waals surface area contributed by atoms with Crippen molar-refractivity contribution in [1.82, 2.24) is 4.98 Å². The standard InChI is InChI=1S/C16H18FN3OS/c1-11-10-22-16(19-11)20-18-7-13-4-5-15(17)6-14(13)9-21-8-12-2-3-12/h4-7,10,12H,2-3,8-9H2,1H3,(H,19,20). The van der Waals surface area contributed by atoms with Crippen molar-refractivity contribution in [3.05, 3.63) is 46.2 Å². The van der Waals surface area contributed by atoms with E-state index in [9.17, 15) is 4.39 Å². The van der Waals surface area contributed by atoms with Crippen LogP contribution in [0.5, 0.6) is 0 Å². The Morgan fingerprint density at radius 3 is 3.09 bits per heavy atom. The Bertz CT molecular complexity index is 667. The third kappa shape index (κ3) is 4.35. The Hall–Kier alpha value is -1.79. The molecule has 1 N–H and O–H groups in total. The number of halogens is 1. The summed E-state index contributed by atoms with van der Waals surface area (Å²) in [4.78, 5) is 4.26. The second-order valence-electron chi connectivity index (χ2n) is 5.47. The number of hydrogen-bond acceptors (Lipinski definition) is 5. The molecule has 3 rings (SSSR count). The molecule has 1 heterocycles. The summed E-state index contributed by atoms with van der Waals surface area (Å²) in [5.74, 6) is 0.436. The number of thiazole rings is 1. The fourth-order valence-electron chi connectivity index (χ4n) is 2.01. The minimum Gasteiger partial charge on any atom is -0.376 e. The van der Waals surface area contributed by atoms with Gasteiger partial charge in [-0.2, -0.15) is 5.10 Å². The highest BCUT2D eigenvalue weighted by Crippen LogP contribution is 2.29. The quantitative estimate of drug-likeness (QED) is 0.620. The lowest BCUT2D eigenvalue weighted by atomic mass is 10.1. The van der Waals surface area contributed by atoms with Gasteiger partial charge in [0, 0.05) is 17.6 Å². The Kier molecular flexibility index (Phi) is 4.80. The van der Waals surface area contributed by atoms with Crippen LogP contribution in [0, 0.1) is 18.7 Å². The van der Waals surface area contributed by atoms with Crippen molar-refractivity contribution in [3.8, 4) is 0 Å². The number of rotatable bonds is 7. The number of ether oxygens (including phenoxy) is 1. The van der Waals surface area contributed by atoms with E-state index in [1.165, 1.54) is 36.3 Å². The molecule has 0 aliphatic heterocycles. The number of anilines is 1. The van der Waals surface area contributed by atoms with Gasteiger partial charge in [0.1, 0.15) is 5.82 Å². The van der Waals surface area contributed by atoms with Crippen LogP contribution < -0.4 is 5.43 Å². The first-order valence-corrected chi connectivity index (χ1v) is 8.16. The van der Waals surface area contributed by atoms with Crippen molar-refractivity contribution in [3.63, 3.8) is 0 Å². The van der Waals surface area contributed by atoms with E-state index in [0.29, 0.717) is 12.5 Å². The molecule has 0 unspecified atom stereocenters. The summed E-state index contributed by atoms with van der Waals surface area (Å²) in [7, 11) is 0. The highest BCUT2D eigenvalue weighted by molar-refractivity contribution is 7.13. The minimum absolute atomic E-state index is 0.259. The number of aryl methyl sites for hydroxylation is 1. The van der Waals surface area contributed by atoms with Gasteiger partial charge in [-0.25, -0.2) is 9.37 Å². The van der Waals surface area contributed by atoms with Gasteiger partial charge in [-0.15, -0.1) is 11.3 Å². The van der Waals surface area contributed by atoms with Gasteiger partial charge in [0.25, 0.3) is 0 Å². The van der Waals surface area contributed by atoms with Gasteiger partial charge in [-0.3, -0.25) is 5.43 Å². The fourth-order valence-corrected chi connectivity index (χ4v) is 2.64. The largest absolute Gasteiger partial charge is 0.376 e. The molecular formula is C16H18FN3OS. The molecule has 0 amide bonds. The van der Waals surface area contributed by atoms with Gasteiger partial charge in [0.15, 0.2) is 0 Å². The summed E-state index contributed by atoms with van der Waals surface area (Å²) in [5, 5.41) is 6.86. The summed E-state index contributed by atoms with van der Waals surface area (Å²) < 4.78 is 19.1. The molecule has 0 saturated heterocycles. The second-order valence-corrected chi connectivity index (χ2v) is 6.32. The number of benzene rings is 1. The molecule has 0 radical (unpaired) electrons. The van der Waals surface area contributed by atoms with E-state index in [-0.39, 0.29) is 5.82 Å². The lowest BCUT2D eigenvalue weighted by Gasteiger charge is -2.07. The van der Waals surface area contributed by atoms with E-state index in [1.54, 1.807) is 12.3 Å². The van der Waals surface area contributed by atoms with Crippen molar-refractivity contribution in [2.75, 3.05) is 12.0 Å². The first-order chi connectivity index (χ1) is 10.7. The third-order valence-corrected chi connectivity index (χ3v) is 4.26. The monoisotopic (exact) mass is 319 g/mol. The molecule has 6 heteroatoms. The van der Waals surface area contributed by atoms with E-state index < -0.39 is 0 Å². The molecule has 22 heavy (non-hydrogen) atoms. The molecule has 0 atom stereocenters. The zero-order valence-corrected chi connectivity index (χ0v) is 13.2. The van der Waals surface area contributed by atoms with Crippen molar-refractivity contribution in [1.29, 1.82) is 0 Å². The summed E-state index contributed by atoms with van der Waals surface area (Å²) >= 11 is 1.49. The molecular weight excluding hydrogens is 301 g/mol. The first kappa shape index (κ1) is 15.1. The summed E-state index contributed by atoms with van der Waals surface area (Å²) in [6.45, 7) is 3.09. The van der Waals surface area contributed by atoms with E-state index in [1.807, 2.05) is 12.3 Å². The van der Waals surface area contributed by atoms with Crippen LogP contribution in [0.1, 0.15) is 29.7 Å². The Labute approximate surface area is 133 Å². The van der Waals surface area contributed by atoms with Gasteiger partial charge >= 0.3 is 0 Å². The predicted octanol–water partition coefficient (Wildman–Crippen LogP) is 3.96. The first-order valence-electron chi connectivity index (χ1n) is 7.28. The molecule has 116 valence electrons. The number of nitrogens with zero attached hydrogens (tertiary/aromatic N) is 2. The molecule has 4 nitrogen and oxygen atoms in total. The summed E-state index contributed by atoms with van der Waals surface area (Å²) in [5.41, 5.74) is 5.49. The van der Waals surface area contributed by atoms with Crippen molar-refractivity contribution < 1.29 is 9.13 Å². The Morgan fingerprint density at radius 2 is 2.36 bits per heavy atom. The van der Waals surface area contributed by atoms with Crippen LogP contribution in [0.15, 0.2) is 28.7 Å². The van der Waals surface area contributed by atoms with Gasteiger partial charge in [-0.1, -0.05) is 6.07 Å². The molecule has 1 fully saturated rings. The number of hydrazone groups is 1. The van der Waals surface area contributed by atoms with Crippen LogP contribution >= 0.6 is 11.3 Å². The normalized spacial score (nSPS) is 14.6. The summed E-state index contributed by atoms with van der Waals surface area (Å²) in [6.07, 6.45) is 4.16. The highest BCUT2D eigenvalue weighted by Gasteiger charge is 2.21. The molecule has 1 saturated carbocycles. The van der Waals surface area contributed by atoms with Crippen LogP contribution in [-0.2, 0) is 11.3 Å². The van der Waals surface area contributed by atoms with E-state index in [4.69, 9.17) is 4.74 Å². The van der Waals surface area contributed by atoms with Crippen molar-refractivity contribution in [2.24, 2.45) is 11.0 Å². The second kappa shape index (κ2) is 6.98. The number of nitrogens with one attached hydrogen (secondary N) is 1. The average molecular weight is 319 g/mol. The van der Waals surface area contributed by atoms with Crippen LogP contribution in [0.4, 0.5) is 9.52 Å². The summed E-state index contributed by atoms with van der Waals surface area (Å²) in [6, 6.07) is 4.64. The fraction of sp³-hybridized carbons (Fsp3) is 0.375. The maximum absolute atomic E-state index is 13.4. The topological polar surface area (TPSA) is 46.5 Å². The van der Waals surface area contributed by atoms with Crippen LogP contribution in [0.2, 0.25) is 0 Å². The lowest BCUT2D eigenvalue weighted by Crippen LogP contribution is -2.02. The molecule has 1 aromatic carbocycles. The van der Waals surface area contributed by atoms with E-state index in [0.717, 1.165) is 28.6 Å². The van der Waals surface area contributed by atoms with Crippen LogP contribution in [-0.4, -0.2) is 17.8 Å². The molecule has 1 aliphatic carbocycles. The molecule has 1 aliphatic rings.